The minimum atomic E-state index is -3.26. The Morgan fingerprint density at radius 3 is 2.79 bits per heavy atom. The van der Waals surface area contributed by atoms with E-state index in [-0.39, 0.29) is 11.0 Å². The van der Waals surface area contributed by atoms with Crippen LogP contribution in [0.25, 0.3) is 0 Å². The Hall–Kier alpha value is -0.620. The smallest absolute Gasteiger partial charge is 0.235 e. The van der Waals surface area contributed by atoms with E-state index in [1.54, 1.807) is 6.92 Å². The zero-order chi connectivity index (χ0) is 10.6. The highest BCUT2D eigenvalue weighted by Gasteiger charge is 2.30. The van der Waals surface area contributed by atoms with E-state index in [1.165, 1.54) is 0 Å². The van der Waals surface area contributed by atoms with E-state index in [4.69, 9.17) is 0 Å². The summed E-state index contributed by atoms with van der Waals surface area (Å²) in [6.07, 6.45) is 0.613. The Labute approximate surface area is 84.2 Å². The molecule has 6 heteroatoms. The fraction of sp³-hybridized carbons (Fsp3) is 0.875. The molecule has 0 bridgehead atoms. The third-order valence-corrected chi connectivity index (χ3v) is 4.31. The fourth-order valence-electron chi connectivity index (χ4n) is 1.48. The first kappa shape index (κ1) is 11.5. The molecule has 1 fully saturated rings. The van der Waals surface area contributed by atoms with Gasteiger partial charge in [0.25, 0.3) is 0 Å². The first-order chi connectivity index (χ1) is 6.56. The normalized spacial score (nSPS) is 22.2. The second-order valence-corrected chi connectivity index (χ2v) is 5.66. The molecule has 0 aromatic carbocycles. The molecule has 1 rings (SSSR count). The van der Waals surface area contributed by atoms with Crippen LogP contribution in [0.15, 0.2) is 0 Å². The lowest BCUT2D eigenvalue weighted by Gasteiger charge is -2.09. The van der Waals surface area contributed by atoms with Gasteiger partial charge in [0.1, 0.15) is 5.75 Å². The minimum absolute atomic E-state index is 0.382. The predicted molar refractivity (Wildman–Crippen MR) is 53.7 cm³/mol. The summed E-state index contributed by atoms with van der Waals surface area (Å²) in [5, 5.41) is 5.08. The molecular weight excluding hydrogens is 204 g/mol. The third kappa shape index (κ3) is 2.95. The molecule has 5 nitrogen and oxygen atoms in total. The molecular formula is C8H16N2O3S. The van der Waals surface area contributed by atoms with Gasteiger partial charge in [0.15, 0.2) is 9.84 Å². The number of hydrogen-bond donors (Lipinski definition) is 2. The van der Waals surface area contributed by atoms with Gasteiger partial charge in [0, 0.05) is 13.1 Å². The van der Waals surface area contributed by atoms with Crippen LogP contribution in [0.3, 0.4) is 0 Å². The van der Waals surface area contributed by atoms with E-state index in [2.05, 4.69) is 10.6 Å². The number of nitrogens with one attached hydrogen (secondary N) is 2. The maximum atomic E-state index is 11.6. The van der Waals surface area contributed by atoms with Gasteiger partial charge in [-0.2, -0.15) is 0 Å². The summed E-state index contributed by atoms with van der Waals surface area (Å²) in [5.74, 6) is -0.785. The van der Waals surface area contributed by atoms with Crippen molar-refractivity contribution in [1.82, 2.24) is 10.6 Å². The Bertz CT molecular complexity index is 294. The van der Waals surface area contributed by atoms with Crippen LogP contribution in [0.1, 0.15) is 13.3 Å². The van der Waals surface area contributed by atoms with Gasteiger partial charge in [-0.1, -0.05) is 0 Å². The first-order valence-corrected chi connectivity index (χ1v) is 6.47. The van der Waals surface area contributed by atoms with Gasteiger partial charge in [0.05, 0.1) is 5.25 Å². The van der Waals surface area contributed by atoms with Crippen molar-refractivity contribution in [2.45, 2.75) is 18.6 Å². The first-order valence-electron chi connectivity index (χ1n) is 4.75. The van der Waals surface area contributed by atoms with Crippen LogP contribution < -0.4 is 10.6 Å². The molecule has 1 unspecified atom stereocenters. The van der Waals surface area contributed by atoms with Crippen molar-refractivity contribution in [3.8, 4) is 0 Å². The molecule has 1 heterocycles. The standard InChI is InChI=1S/C8H16N2O3S/c1-2-10-8(11)6-14(12,13)7-3-4-9-5-7/h7,9H,2-6H2,1H3,(H,10,11). The minimum Gasteiger partial charge on any atom is -0.356 e. The molecule has 1 saturated heterocycles. The number of carbonyl (C=O) groups is 1. The van der Waals surface area contributed by atoms with Crippen molar-refractivity contribution in [3.05, 3.63) is 0 Å². The molecule has 0 aromatic rings. The molecule has 2 N–H and O–H groups in total. The summed E-state index contributed by atoms with van der Waals surface area (Å²) in [6, 6.07) is 0. The summed E-state index contributed by atoms with van der Waals surface area (Å²) >= 11 is 0. The van der Waals surface area contributed by atoms with Crippen molar-refractivity contribution >= 4 is 15.7 Å². The van der Waals surface area contributed by atoms with Gasteiger partial charge in [-0.25, -0.2) is 8.42 Å². The van der Waals surface area contributed by atoms with Crippen LogP contribution in [-0.4, -0.2) is 45.0 Å². The summed E-state index contributed by atoms with van der Waals surface area (Å²) < 4.78 is 23.2. The highest BCUT2D eigenvalue weighted by atomic mass is 32.2. The summed E-state index contributed by atoms with van der Waals surface area (Å²) in [6.45, 7) is 3.43. The van der Waals surface area contributed by atoms with Crippen LogP contribution in [-0.2, 0) is 14.6 Å². The van der Waals surface area contributed by atoms with Crippen LogP contribution >= 0.6 is 0 Å². The van der Waals surface area contributed by atoms with Crippen molar-refractivity contribution < 1.29 is 13.2 Å². The van der Waals surface area contributed by atoms with E-state index in [0.717, 1.165) is 6.54 Å². The molecule has 0 spiro atoms. The average molecular weight is 220 g/mol. The second kappa shape index (κ2) is 4.75. The number of sulfone groups is 1. The molecule has 0 saturated carbocycles. The molecule has 1 atom stereocenters. The molecule has 0 aromatic heterocycles. The van der Waals surface area contributed by atoms with E-state index in [9.17, 15) is 13.2 Å². The molecule has 0 aliphatic carbocycles. The highest BCUT2D eigenvalue weighted by molar-refractivity contribution is 7.92. The van der Waals surface area contributed by atoms with Crippen LogP contribution in [0, 0.1) is 0 Å². The highest BCUT2D eigenvalue weighted by Crippen LogP contribution is 2.10. The number of carbonyl (C=O) groups excluding carboxylic acids is 1. The average Bonchev–Trinajstić information content (AvgIpc) is 2.54. The fourth-order valence-corrected chi connectivity index (χ4v) is 3.04. The zero-order valence-corrected chi connectivity index (χ0v) is 9.06. The zero-order valence-electron chi connectivity index (χ0n) is 8.25. The van der Waals surface area contributed by atoms with E-state index >= 15 is 0 Å². The predicted octanol–water partition coefficient (Wildman–Crippen LogP) is -1.10. The summed E-state index contributed by atoms with van der Waals surface area (Å²) in [5.41, 5.74) is 0. The molecule has 82 valence electrons. The Morgan fingerprint density at radius 2 is 2.29 bits per heavy atom. The maximum absolute atomic E-state index is 11.6. The number of amides is 1. The van der Waals surface area contributed by atoms with E-state index in [1.807, 2.05) is 0 Å². The van der Waals surface area contributed by atoms with Gasteiger partial charge in [-0.3, -0.25) is 4.79 Å². The summed E-state index contributed by atoms with van der Waals surface area (Å²) in [7, 11) is -3.26. The Kier molecular flexibility index (Phi) is 3.88. The van der Waals surface area contributed by atoms with Crippen LogP contribution in [0.5, 0.6) is 0 Å². The quantitative estimate of drug-likeness (QED) is 0.630. The Balaban J connectivity index is 2.52. The third-order valence-electron chi connectivity index (χ3n) is 2.23. The van der Waals surface area contributed by atoms with Crippen molar-refractivity contribution in [1.29, 1.82) is 0 Å². The van der Waals surface area contributed by atoms with Gasteiger partial charge in [-0.15, -0.1) is 0 Å². The van der Waals surface area contributed by atoms with Crippen LogP contribution in [0.2, 0.25) is 0 Å². The monoisotopic (exact) mass is 220 g/mol. The molecule has 1 aliphatic heterocycles. The van der Waals surface area contributed by atoms with Gasteiger partial charge < -0.3 is 10.6 Å². The lowest BCUT2D eigenvalue weighted by atomic mass is 10.4. The number of hydrogen-bond acceptors (Lipinski definition) is 4. The van der Waals surface area contributed by atoms with Crippen molar-refractivity contribution in [3.63, 3.8) is 0 Å². The lowest BCUT2D eigenvalue weighted by molar-refractivity contribution is -0.118. The van der Waals surface area contributed by atoms with Crippen LogP contribution in [0.4, 0.5) is 0 Å². The molecule has 0 radical (unpaired) electrons. The molecule has 1 aliphatic rings. The van der Waals surface area contributed by atoms with Gasteiger partial charge >= 0.3 is 0 Å². The largest absolute Gasteiger partial charge is 0.356 e. The SMILES string of the molecule is CCNC(=O)CS(=O)(=O)C1CCNC1. The molecule has 1 amide bonds. The topological polar surface area (TPSA) is 75.3 Å². The van der Waals surface area contributed by atoms with Gasteiger partial charge in [-0.05, 0) is 19.9 Å². The summed E-state index contributed by atoms with van der Waals surface area (Å²) in [4.78, 5) is 11.1. The number of rotatable bonds is 4. The molecule has 14 heavy (non-hydrogen) atoms. The van der Waals surface area contributed by atoms with E-state index in [0.29, 0.717) is 19.5 Å². The maximum Gasteiger partial charge on any atom is 0.235 e. The van der Waals surface area contributed by atoms with Crippen molar-refractivity contribution in [2.75, 3.05) is 25.4 Å². The van der Waals surface area contributed by atoms with E-state index < -0.39 is 15.7 Å². The lowest BCUT2D eigenvalue weighted by Crippen LogP contribution is -2.35. The van der Waals surface area contributed by atoms with Crippen molar-refractivity contribution in [2.24, 2.45) is 0 Å². The Morgan fingerprint density at radius 1 is 1.57 bits per heavy atom. The van der Waals surface area contributed by atoms with Gasteiger partial charge in [0.2, 0.25) is 5.91 Å². The second-order valence-electron chi connectivity index (χ2n) is 3.38.